The first kappa shape index (κ1) is 10.2. The van der Waals surface area contributed by atoms with Gasteiger partial charge < -0.3 is 4.74 Å². The Morgan fingerprint density at radius 3 is 2.44 bits per heavy atom. The van der Waals surface area contributed by atoms with Crippen LogP contribution in [0.4, 0.5) is 4.79 Å². The quantitative estimate of drug-likeness (QED) is 0.422. The minimum absolute atomic E-state index is 0.461. The van der Waals surface area contributed by atoms with Crippen LogP contribution in [0, 0.1) is 0 Å². The Kier molecular flexibility index (Phi) is 4.74. The van der Waals surface area contributed by atoms with Crippen molar-refractivity contribution in [1.29, 1.82) is 0 Å². The van der Waals surface area contributed by atoms with Gasteiger partial charge >= 0.3 is 5.43 Å². The van der Waals surface area contributed by atoms with Crippen LogP contribution in [0.15, 0.2) is 0 Å². The van der Waals surface area contributed by atoms with Crippen molar-refractivity contribution in [3.63, 3.8) is 0 Å². The summed E-state index contributed by atoms with van der Waals surface area (Å²) in [7, 11) is 0. The zero-order valence-corrected chi connectivity index (χ0v) is 9.73. The lowest BCUT2D eigenvalue weighted by Gasteiger charge is -2.17. The predicted molar refractivity (Wildman–Crippen MR) is 53.6 cm³/mol. The fourth-order valence-electron chi connectivity index (χ4n) is 0.195. The predicted octanol–water partition coefficient (Wildman–Crippen LogP) is 2.95. The number of carbonyl (C=O) groups is 1. The first-order valence-corrected chi connectivity index (χ1v) is 5.09. The Hall–Kier alpha value is 1.22. The lowest BCUT2D eigenvalue weighted by Crippen LogP contribution is -2.22. The number of halogens is 3. The molecule has 0 N–H and O–H groups in total. The summed E-state index contributed by atoms with van der Waals surface area (Å²) in [5.41, 5.74) is -0.747. The fourth-order valence-corrected chi connectivity index (χ4v) is 0.851. The van der Waals surface area contributed by atoms with Gasteiger partial charge in [0.25, 0.3) is 0 Å². The summed E-state index contributed by atoms with van der Waals surface area (Å²) >= 11 is 9.11. The second-order valence-electron chi connectivity index (χ2n) is 1.58. The van der Waals surface area contributed by atoms with E-state index >= 15 is 0 Å². The third kappa shape index (κ3) is 5.65. The second-order valence-corrected chi connectivity index (χ2v) is 4.93. The Bertz CT molecular complexity index is 115. The minimum Gasteiger partial charge on any atom is -0.436 e. The molecule has 0 aliphatic carbocycles. The second kappa shape index (κ2) is 4.17. The molecule has 1 unspecified atom stereocenters. The van der Waals surface area contributed by atoms with Gasteiger partial charge in [0, 0.05) is 16.0 Å². The van der Waals surface area contributed by atoms with E-state index in [1.54, 1.807) is 6.92 Å². The molecule has 0 aromatic heterocycles. The molecule has 5 heteroatoms. The molecule has 0 aromatic carbocycles. The summed E-state index contributed by atoms with van der Waals surface area (Å²) in [5.74, 6) is 0. The summed E-state index contributed by atoms with van der Waals surface area (Å²) in [6, 6.07) is 0. The van der Waals surface area contributed by atoms with Gasteiger partial charge in [-0.3, -0.25) is 0 Å². The summed E-state index contributed by atoms with van der Waals surface area (Å²) < 4.78 is 4.96. The molecule has 0 aliphatic heterocycles. The fraction of sp³-hybridized carbons (Fsp3) is 0.750. The maximum atomic E-state index is 10.2. The van der Waals surface area contributed by atoms with E-state index in [1.807, 2.05) is 22.6 Å². The number of rotatable bonds is 2. The highest BCUT2D eigenvalue weighted by molar-refractivity contribution is 14.1. The van der Waals surface area contributed by atoms with Gasteiger partial charge in [0.2, 0.25) is 0 Å². The van der Waals surface area contributed by atoms with Crippen molar-refractivity contribution in [3.05, 3.63) is 0 Å². The maximum absolute atomic E-state index is 10.2. The summed E-state index contributed by atoms with van der Waals surface area (Å²) in [5, 5.41) is 0. The number of hydrogen-bond donors (Lipinski definition) is 0. The average Bonchev–Trinajstić information content (AvgIpc) is 1.63. The van der Waals surface area contributed by atoms with Gasteiger partial charge in [-0.15, -0.1) is 0 Å². The zero-order valence-electron chi connectivity index (χ0n) is 4.66. The third-order valence-corrected chi connectivity index (χ3v) is 4.13. The van der Waals surface area contributed by atoms with Crippen molar-refractivity contribution in [2.24, 2.45) is 0 Å². The van der Waals surface area contributed by atoms with Gasteiger partial charge in [-0.25, -0.2) is 4.79 Å². The van der Waals surface area contributed by atoms with Crippen LogP contribution in [-0.4, -0.2) is 13.5 Å². The van der Waals surface area contributed by atoms with Crippen LogP contribution < -0.4 is 0 Å². The van der Waals surface area contributed by atoms with Crippen molar-refractivity contribution in [1.82, 2.24) is 0 Å². The van der Waals surface area contributed by atoms with Gasteiger partial charge in [-0.2, -0.15) is 0 Å². The first-order chi connectivity index (χ1) is 3.98. The summed E-state index contributed by atoms with van der Waals surface area (Å²) in [6.07, 6.45) is 0. The highest BCUT2D eigenvalue weighted by Crippen LogP contribution is 2.23. The van der Waals surface area contributed by atoms with E-state index in [-0.39, 0.29) is 0 Å². The average molecular weight is 374 g/mol. The molecule has 0 aromatic rings. The number of carbonyl (C=O) groups excluding carboxylic acids is 1. The van der Waals surface area contributed by atoms with Crippen LogP contribution in [0.2, 0.25) is 0 Å². The van der Waals surface area contributed by atoms with E-state index in [4.69, 9.17) is 16.3 Å². The molecule has 0 saturated carbocycles. The monoisotopic (exact) mass is 374 g/mol. The zero-order chi connectivity index (χ0) is 7.49. The standard InChI is InChI=1S/C4H5ClI2O2/c1-4(7,2-6)9-3(5)8/h2H2,1H3. The van der Waals surface area contributed by atoms with E-state index in [9.17, 15) is 4.79 Å². The Balaban J connectivity index is 3.71. The summed E-state index contributed by atoms with van der Waals surface area (Å²) in [4.78, 5) is 10.2. The minimum atomic E-state index is -0.747. The number of ether oxygens (including phenoxy) is 1. The highest BCUT2D eigenvalue weighted by atomic mass is 127. The topological polar surface area (TPSA) is 26.3 Å². The van der Waals surface area contributed by atoms with Crippen LogP contribution in [0.3, 0.4) is 0 Å². The maximum Gasteiger partial charge on any atom is 0.405 e. The van der Waals surface area contributed by atoms with Crippen molar-refractivity contribution < 1.29 is 9.53 Å². The lowest BCUT2D eigenvalue weighted by atomic mass is 10.5. The summed E-state index contributed by atoms with van der Waals surface area (Å²) in [6.45, 7) is 1.79. The molecule has 0 radical (unpaired) electrons. The Labute approximate surface area is 85.9 Å². The van der Waals surface area contributed by atoms with Crippen molar-refractivity contribution in [2.45, 2.75) is 10.5 Å². The Morgan fingerprint density at radius 1 is 1.89 bits per heavy atom. The van der Waals surface area contributed by atoms with Crippen molar-refractivity contribution in [3.8, 4) is 0 Å². The normalized spacial score (nSPS) is 16.4. The number of alkyl halides is 2. The molecule has 0 rings (SSSR count). The number of hydrogen-bond acceptors (Lipinski definition) is 2. The highest BCUT2D eigenvalue weighted by Gasteiger charge is 2.21. The molecular weight excluding hydrogens is 369 g/mol. The van der Waals surface area contributed by atoms with Gasteiger partial charge in [0.15, 0.2) is 3.61 Å². The molecule has 0 fully saturated rings. The molecule has 1 atom stereocenters. The molecule has 0 aliphatic rings. The smallest absolute Gasteiger partial charge is 0.405 e. The molecule has 9 heavy (non-hydrogen) atoms. The third-order valence-electron chi connectivity index (χ3n) is 0.532. The van der Waals surface area contributed by atoms with Gasteiger partial charge in [-0.05, 0) is 29.5 Å². The van der Waals surface area contributed by atoms with E-state index in [2.05, 4.69) is 22.6 Å². The van der Waals surface area contributed by atoms with Gasteiger partial charge in [-0.1, -0.05) is 22.6 Å². The van der Waals surface area contributed by atoms with Gasteiger partial charge in [0.1, 0.15) is 0 Å². The Morgan fingerprint density at radius 2 is 2.33 bits per heavy atom. The van der Waals surface area contributed by atoms with E-state index < -0.39 is 9.04 Å². The lowest BCUT2D eigenvalue weighted by molar-refractivity contribution is 0.136. The SMILES string of the molecule is CC(I)(CI)OC(=O)Cl. The van der Waals surface area contributed by atoms with Crippen LogP contribution in [0.25, 0.3) is 0 Å². The van der Waals surface area contributed by atoms with Crippen molar-refractivity contribution >= 4 is 62.2 Å². The molecule has 54 valence electrons. The molecule has 0 saturated heterocycles. The van der Waals surface area contributed by atoms with Crippen LogP contribution >= 0.6 is 56.8 Å². The molecule has 2 nitrogen and oxygen atoms in total. The first-order valence-electron chi connectivity index (χ1n) is 2.11. The van der Waals surface area contributed by atoms with Crippen molar-refractivity contribution in [2.75, 3.05) is 4.43 Å². The molecule has 0 amide bonds. The molecule has 0 spiro atoms. The molecule has 0 heterocycles. The van der Waals surface area contributed by atoms with E-state index in [0.29, 0.717) is 0 Å². The van der Waals surface area contributed by atoms with Crippen LogP contribution in [0.1, 0.15) is 6.92 Å². The van der Waals surface area contributed by atoms with E-state index in [0.717, 1.165) is 4.43 Å². The van der Waals surface area contributed by atoms with Crippen LogP contribution in [0.5, 0.6) is 0 Å². The molecular formula is C4H5ClI2O2. The van der Waals surface area contributed by atoms with Gasteiger partial charge in [0.05, 0.1) is 0 Å². The van der Waals surface area contributed by atoms with Crippen LogP contribution in [-0.2, 0) is 4.74 Å². The largest absolute Gasteiger partial charge is 0.436 e. The molecule has 0 bridgehead atoms. The van der Waals surface area contributed by atoms with E-state index in [1.165, 1.54) is 0 Å².